The molecule has 1 atom stereocenters. The summed E-state index contributed by atoms with van der Waals surface area (Å²) in [4.78, 5) is 27.9. The average molecular weight is 385 g/mol. The van der Waals surface area contributed by atoms with E-state index in [1.165, 1.54) is 11.3 Å². The van der Waals surface area contributed by atoms with Gasteiger partial charge >= 0.3 is 0 Å². The Morgan fingerprint density at radius 3 is 2.74 bits per heavy atom. The predicted molar refractivity (Wildman–Crippen MR) is 105 cm³/mol. The van der Waals surface area contributed by atoms with Crippen molar-refractivity contribution in [3.8, 4) is 5.75 Å². The van der Waals surface area contributed by atoms with Crippen LogP contribution in [-0.2, 0) is 4.79 Å². The highest BCUT2D eigenvalue weighted by molar-refractivity contribution is 7.12. The van der Waals surface area contributed by atoms with E-state index in [1.807, 2.05) is 38.1 Å². The number of aliphatic hydroxyl groups is 1. The van der Waals surface area contributed by atoms with Gasteiger partial charge in [0.15, 0.2) is 5.76 Å². The Labute approximate surface area is 162 Å². The molecule has 1 aromatic heterocycles. The summed E-state index contributed by atoms with van der Waals surface area (Å²) in [5, 5.41) is 12.3. The van der Waals surface area contributed by atoms with E-state index < -0.39 is 17.7 Å². The number of benzene rings is 1. The molecular formula is C21H23NO4S. The largest absolute Gasteiger partial charge is 0.503 e. The van der Waals surface area contributed by atoms with Crippen molar-refractivity contribution >= 4 is 23.0 Å². The molecule has 1 amide bonds. The van der Waals surface area contributed by atoms with Crippen molar-refractivity contribution in [1.29, 1.82) is 0 Å². The molecule has 0 spiro atoms. The van der Waals surface area contributed by atoms with Crippen molar-refractivity contribution in [2.24, 2.45) is 0 Å². The van der Waals surface area contributed by atoms with Gasteiger partial charge in [-0.25, -0.2) is 0 Å². The summed E-state index contributed by atoms with van der Waals surface area (Å²) < 4.78 is 5.58. The van der Waals surface area contributed by atoms with Crippen LogP contribution in [0.4, 0.5) is 0 Å². The first-order valence-electron chi connectivity index (χ1n) is 9.13. The summed E-state index contributed by atoms with van der Waals surface area (Å²) in [5.41, 5.74) is 0.904. The molecule has 2 heterocycles. The van der Waals surface area contributed by atoms with E-state index >= 15 is 0 Å². The molecule has 2 aromatic rings. The highest BCUT2D eigenvalue weighted by Gasteiger charge is 2.43. The van der Waals surface area contributed by atoms with Crippen molar-refractivity contribution in [3.05, 3.63) is 63.6 Å². The first kappa shape index (κ1) is 19.2. The predicted octanol–water partition coefficient (Wildman–Crippen LogP) is 4.53. The minimum absolute atomic E-state index is 0.146. The van der Waals surface area contributed by atoms with Crippen LogP contribution in [0.1, 0.15) is 48.0 Å². The maximum atomic E-state index is 13.1. The van der Waals surface area contributed by atoms with E-state index in [0.717, 1.165) is 18.4 Å². The first-order chi connectivity index (χ1) is 13.1. The van der Waals surface area contributed by atoms with Gasteiger partial charge in [0, 0.05) is 6.54 Å². The number of nitrogens with zero attached hydrogens (tertiary/aromatic N) is 1. The van der Waals surface area contributed by atoms with Crippen LogP contribution in [0.3, 0.4) is 0 Å². The van der Waals surface area contributed by atoms with Gasteiger partial charge in [-0.2, -0.15) is 0 Å². The fourth-order valence-electron chi connectivity index (χ4n) is 3.27. The number of rotatable bonds is 8. The lowest BCUT2D eigenvalue weighted by Gasteiger charge is -2.27. The van der Waals surface area contributed by atoms with Crippen molar-refractivity contribution in [2.45, 2.75) is 32.7 Å². The number of thiophene rings is 1. The van der Waals surface area contributed by atoms with Gasteiger partial charge in [0.05, 0.1) is 23.1 Å². The molecule has 0 aliphatic carbocycles. The highest BCUT2D eigenvalue weighted by Crippen LogP contribution is 2.40. The summed E-state index contributed by atoms with van der Waals surface area (Å²) in [6, 6.07) is 10.3. The van der Waals surface area contributed by atoms with E-state index in [2.05, 4.69) is 0 Å². The Morgan fingerprint density at radius 1 is 1.26 bits per heavy atom. The van der Waals surface area contributed by atoms with Gasteiger partial charge in [-0.15, -0.1) is 11.3 Å². The van der Waals surface area contributed by atoms with Crippen LogP contribution in [-0.4, -0.2) is 34.8 Å². The van der Waals surface area contributed by atoms with Crippen LogP contribution in [0.15, 0.2) is 53.1 Å². The van der Waals surface area contributed by atoms with E-state index in [9.17, 15) is 14.7 Å². The number of hydrogen-bond acceptors (Lipinski definition) is 5. The molecule has 142 valence electrons. The van der Waals surface area contributed by atoms with Gasteiger partial charge < -0.3 is 14.7 Å². The topological polar surface area (TPSA) is 66.8 Å². The van der Waals surface area contributed by atoms with Gasteiger partial charge in [-0.1, -0.05) is 31.5 Å². The number of unbranched alkanes of at least 4 members (excludes halogenated alkanes) is 1. The number of ether oxygens (including phenoxy) is 1. The zero-order valence-electron chi connectivity index (χ0n) is 15.5. The Morgan fingerprint density at radius 2 is 2.07 bits per heavy atom. The van der Waals surface area contributed by atoms with E-state index in [0.29, 0.717) is 23.8 Å². The van der Waals surface area contributed by atoms with Gasteiger partial charge in [-0.05, 0) is 42.5 Å². The smallest absolute Gasteiger partial charge is 0.290 e. The molecule has 1 aliphatic heterocycles. The number of amides is 1. The minimum Gasteiger partial charge on any atom is -0.503 e. The fraction of sp³-hybridized carbons (Fsp3) is 0.333. The Hall–Kier alpha value is -2.60. The number of aliphatic hydroxyl groups excluding tert-OH is 1. The number of carbonyl (C=O) groups is 2. The Balaban J connectivity index is 2.06. The van der Waals surface area contributed by atoms with Crippen molar-refractivity contribution in [2.75, 3.05) is 13.2 Å². The third-order valence-corrected chi connectivity index (χ3v) is 5.40. The van der Waals surface area contributed by atoms with Gasteiger partial charge in [0.1, 0.15) is 5.75 Å². The Kier molecular flexibility index (Phi) is 5.96. The first-order valence-corrected chi connectivity index (χ1v) is 10.0. The Bertz CT molecular complexity index is 857. The monoisotopic (exact) mass is 385 g/mol. The molecular weight excluding hydrogens is 362 g/mol. The molecule has 0 saturated carbocycles. The fourth-order valence-corrected chi connectivity index (χ4v) is 3.95. The molecule has 1 aliphatic rings. The molecule has 3 rings (SSSR count). The highest BCUT2D eigenvalue weighted by atomic mass is 32.1. The van der Waals surface area contributed by atoms with Crippen LogP contribution in [0.25, 0.3) is 0 Å². The number of Topliss-reactive ketones (excluding diaryl/α,β-unsaturated/α-hetero) is 1. The number of carbonyl (C=O) groups excluding carboxylic acids is 2. The minimum atomic E-state index is -0.612. The second-order valence-corrected chi connectivity index (χ2v) is 7.28. The van der Waals surface area contributed by atoms with Crippen molar-refractivity contribution in [1.82, 2.24) is 4.90 Å². The van der Waals surface area contributed by atoms with E-state index in [-0.39, 0.29) is 11.4 Å². The van der Waals surface area contributed by atoms with Crippen LogP contribution in [0.5, 0.6) is 5.75 Å². The number of hydrogen-bond donors (Lipinski definition) is 1. The van der Waals surface area contributed by atoms with Gasteiger partial charge in [0.25, 0.3) is 5.91 Å². The van der Waals surface area contributed by atoms with Crippen LogP contribution in [0, 0.1) is 0 Å². The molecule has 27 heavy (non-hydrogen) atoms. The SMILES string of the molecule is CCCCN1C(=O)C(O)=C(C(=O)c2cccs2)C1c1cccc(OCC)c1. The maximum Gasteiger partial charge on any atom is 0.290 e. The van der Waals surface area contributed by atoms with Crippen LogP contribution in [0.2, 0.25) is 0 Å². The third-order valence-electron chi connectivity index (χ3n) is 4.53. The third kappa shape index (κ3) is 3.76. The van der Waals surface area contributed by atoms with Gasteiger partial charge in [0.2, 0.25) is 5.78 Å². The van der Waals surface area contributed by atoms with Crippen LogP contribution < -0.4 is 4.74 Å². The molecule has 6 heteroatoms. The summed E-state index contributed by atoms with van der Waals surface area (Å²) in [6.45, 7) is 4.94. The zero-order valence-corrected chi connectivity index (χ0v) is 16.3. The second kappa shape index (κ2) is 8.39. The van der Waals surface area contributed by atoms with Crippen molar-refractivity contribution in [3.63, 3.8) is 0 Å². The standard InChI is InChI=1S/C21H23NO4S/c1-3-5-11-22-18(14-8-6-9-15(13-14)26-4-2)17(20(24)21(22)25)19(23)16-10-7-12-27-16/h6-10,12-13,18,24H,3-5,11H2,1-2H3. The molecule has 1 unspecified atom stereocenters. The molecule has 1 N–H and O–H groups in total. The van der Waals surface area contributed by atoms with Crippen molar-refractivity contribution < 1.29 is 19.4 Å². The maximum absolute atomic E-state index is 13.1. The average Bonchev–Trinajstić information content (AvgIpc) is 3.28. The van der Waals surface area contributed by atoms with Crippen LogP contribution >= 0.6 is 11.3 Å². The normalized spacial score (nSPS) is 16.9. The summed E-state index contributed by atoms with van der Waals surface area (Å²) >= 11 is 1.30. The van der Waals surface area contributed by atoms with E-state index in [1.54, 1.807) is 22.4 Å². The molecule has 0 bridgehead atoms. The number of ketones is 1. The van der Waals surface area contributed by atoms with Gasteiger partial charge in [-0.3, -0.25) is 9.59 Å². The molecule has 5 nitrogen and oxygen atoms in total. The van der Waals surface area contributed by atoms with E-state index in [4.69, 9.17) is 4.74 Å². The molecule has 1 aromatic carbocycles. The zero-order chi connectivity index (χ0) is 19.4. The lowest BCUT2D eigenvalue weighted by Crippen LogP contribution is -2.32. The second-order valence-electron chi connectivity index (χ2n) is 6.33. The summed E-state index contributed by atoms with van der Waals surface area (Å²) in [7, 11) is 0. The summed E-state index contributed by atoms with van der Waals surface area (Å²) in [5.74, 6) is -0.569. The molecule has 0 saturated heterocycles. The summed E-state index contributed by atoms with van der Waals surface area (Å²) in [6.07, 6.45) is 1.70. The quantitative estimate of drug-likeness (QED) is 0.678. The lowest BCUT2D eigenvalue weighted by atomic mass is 9.95. The molecule has 0 radical (unpaired) electrons. The molecule has 0 fully saturated rings. The lowest BCUT2D eigenvalue weighted by molar-refractivity contribution is -0.129.